The van der Waals surface area contributed by atoms with E-state index in [1.165, 1.54) is 0 Å². The van der Waals surface area contributed by atoms with Crippen molar-refractivity contribution in [2.24, 2.45) is 0 Å². The molecule has 2 N–H and O–H groups in total. The fourth-order valence-corrected chi connectivity index (χ4v) is 4.11. The summed E-state index contributed by atoms with van der Waals surface area (Å²) in [6.45, 7) is 1.93. The molecule has 0 unspecified atom stereocenters. The number of amides is 1. The number of benzene rings is 1. The van der Waals surface area contributed by atoms with E-state index in [0.717, 1.165) is 35.5 Å². The van der Waals surface area contributed by atoms with E-state index in [0.29, 0.717) is 12.8 Å². The number of fused-ring (bicyclic) bond motifs is 1. The van der Waals surface area contributed by atoms with Crippen LogP contribution in [0, 0.1) is 6.92 Å². The fourth-order valence-electron chi connectivity index (χ4n) is 4.11. The molecule has 0 aliphatic heterocycles. The van der Waals surface area contributed by atoms with Gasteiger partial charge in [0.05, 0.1) is 29.2 Å². The number of hydrogen-bond acceptors (Lipinski definition) is 4. The van der Waals surface area contributed by atoms with E-state index in [2.05, 4.69) is 15.0 Å². The first-order chi connectivity index (χ1) is 13.0. The van der Waals surface area contributed by atoms with Crippen LogP contribution in [-0.4, -0.2) is 54.6 Å². The molecule has 0 bridgehead atoms. The number of H-pyrrole nitrogens is 1. The monoisotopic (exact) mass is 367 g/mol. The van der Waals surface area contributed by atoms with E-state index < -0.39 is 6.10 Å². The van der Waals surface area contributed by atoms with Gasteiger partial charge in [-0.1, -0.05) is 12.1 Å². The Morgan fingerprint density at radius 2 is 2.19 bits per heavy atom. The maximum absolute atomic E-state index is 12.7. The van der Waals surface area contributed by atoms with Gasteiger partial charge in [0, 0.05) is 32.3 Å². The summed E-state index contributed by atoms with van der Waals surface area (Å²) in [7, 11) is 1.79. The largest absolute Gasteiger partial charge is 0.389 e. The summed E-state index contributed by atoms with van der Waals surface area (Å²) in [5.74, 6) is 1.73. The summed E-state index contributed by atoms with van der Waals surface area (Å²) < 4.78 is 2.01. The van der Waals surface area contributed by atoms with Crippen LogP contribution in [0.2, 0.25) is 0 Å². The zero-order chi connectivity index (χ0) is 19.0. The summed E-state index contributed by atoms with van der Waals surface area (Å²) >= 11 is 0. The first-order valence-corrected chi connectivity index (χ1v) is 9.41. The number of rotatable bonds is 5. The molecule has 0 saturated heterocycles. The second-order valence-electron chi connectivity index (χ2n) is 7.29. The van der Waals surface area contributed by atoms with Gasteiger partial charge in [-0.2, -0.15) is 0 Å². The normalized spacial score (nSPS) is 22.4. The third-order valence-electron chi connectivity index (χ3n) is 5.67. The number of hydrogen-bond donors (Lipinski definition) is 2. The Kier molecular flexibility index (Phi) is 4.70. The highest BCUT2D eigenvalue weighted by atomic mass is 16.3. The van der Waals surface area contributed by atoms with Crippen LogP contribution in [0.4, 0.5) is 0 Å². The number of para-hydroxylation sites is 2. The molecule has 1 aliphatic rings. The summed E-state index contributed by atoms with van der Waals surface area (Å²) in [6.07, 6.45) is 5.62. The number of aromatic nitrogens is 4. The fraction of sp³-hybridized carbons (Fsp3) is 0.450. The second-order valence-corrected chi connectivity index (χ2v) is 7.29. The van der Waals surface area contributed by atoms with E-state index in [4.69, 9.17) is 0 Å². The van der Waals surface area contributed by atoms with Crippen LogP contribution < -0.4 is 0 Å². The zero-order valence-corrected chi connectivity index (χ0v) is 15.7. The first kappa shape index (κ1) is 17.7. The molecular formula is C20H25N5O2. The number of likely N-dealkylation sites (N-methyl/N-ethyl adjacent to an activating group) is 1. The van der Waals surface area contributed by atoms with Crippen molar-refractivity contribution < 1.29 is 9.90 Å². The zero-order valence-electron chi connectivity index (χ0n) is 15.7. The number of aromatic amines is 1. The van der Waals surface area contributed by atoms with Gasteiger partial charge in [-0.25, -0.2) is 9.97 Å². The second kappa shape index (κ2) is 7.15. The Balaban J connectivity index is 1.38. The Hall–Kier alpha value is -2.67. The lowest BCUT2D eigenvalue weighted by Gasteiger charge is -2.29. The van der Waals surface area contributed by atoms with Crippen LogP contribution >= 0.6 is 0 Å². The van der Waals surface area contributed by atoms with Gasteiger partial charge in [0.2, 0.25) is 5.91 Å². The van der Waals surface area contributed by atoms with Crippen LogP contribution in [-0.2, 0) is 11.2 Å². The highest BCUT2D eigenvalue weighted by molar-refractivity contribution is 5.77. The highest BCUT2D eigenvalue weighted by Crippen LogP contribution is 2.34. The van der Waals surface area contributed by atoms with Gasteiger partial charge in [-0.3, -0.25) is 4.79 Å². The molecule has 3 atom stereocenters. The van der Waals surface area contributed by atoms with Gasteiger partial charge >= 0.3 is 0 Å². The Morgan fingerprint density at radius 1 is 1.37 bits per heavy atom. The predicted octanol–water partition coefficient (Wildman–Crippen LogP) is 2.22. The number of aryl methyl sites for hydroxylation is 2. The average Bonchev–Trinajstić information content (AvgIpc) is 3.36. The molecule has 1 fully saturated rings. The van der Waals surface area contributed by atoms with Crippen LogP contribution in [0.15, 0.2) is 36.7 Å². The van der Waals surface area contributed by atoms with E-state index in [1.807, 2.05) is 42.0 Å². The number of aliphatic hydroxyl groups excluding tert-OH is 1. The quantitative estimate of drug-likeness (QED) is 0.724. The molecule has 3 aromatic rings. The third kappa shape index (κ3) is 3.35. The minimum Gasteiger partial charge on any atom is -0.389 e. The molecule has 0 radical (unpaired) electrons. The molecule has 1 aromatic carbocycles. The number of nitrogens with zero attached hydrogens (tertiary/aromatic N) is 4. The molecule has 27 heavy (non-hydrogen) atoms. The molecule has 1 amide bonds. The van der Waals surface area contributed by atoms with Crippen molar-refractivity contribution in [1.82, 2.24) is 24.4 Å². The van der Waals surface area contributed by atoms with Crippen LogP contribution in [0.3, 0.4) is 0 Å². The summed E-state index contributed by atoms with van der Waals surface area (Å²) in [5, 5.41) is 10.8. The Morgan fingerprint density at radius 3 is 2.93 bits per heavy atom. The van der Waals surface area contributed by atoms with Crippen molar-refractivity contribution in [2.75, 3.05) is 7.05 Å². The summed E-state index contributed by atoms with van der Waals surface area (Å²) in [6, 6.07) is 7.65. The molecule has 1 aliphatic carbocycles. The third-order valence-corrected chi connectivity index (χ3v) is 5.67. The molecule has 2 aromatic heterocycles. The van der Waals surface area contributed by atoms with Gasteiger partial charge in [-0.05, 0) is 31.9 Å². The average molecular weight is 367 g/mol. The maximum Gasteiger partial charge on any atom is 0.223 e. The molecule has 7 nitrogen and oxygen atoms in total. The molecule has 1 saturated carbocycles. The molecule has 0 spiro atoms. The molecule has 4 rings (SSSR count). The Bertz CT molecular complexity index is 914. The van der Waals surface area contributed by atoms with E-state index in [1.54, 1.807) is 18.1 Å². The molecular weight excluding hydrogens is 342 g/mol. The number of carbonyl (C=O) groups is 1. The number of nitrogens with one attached hydrogen (secondary N) is 1. The Labute approximate surface area is 158 Å². The van der Waals surface area contributed by atoms with E-state index in [-0.39, 0.29) is 18.0 Å². The molecule has 142 valence electrons. The summed E-state index contributed by atoms with van der Waals surface area (Å²) in [4.78, 5) is 26.4. The van der Waals surface area contributed by atoms with E-state index >= 15 is 0 Å². The van der Waals surface area contributed by atoms with Crippen LogP contribution in [0.1, 0.15) is 37.0 Å². The van der Waals surface area contributed by atoms with Crippen molar-refractivity contribution in [3.63, 3.8) is 0 Å². The number of carbonyl (C=O) groups excluding carboxylic acids is 1. The molecule has 7 heteroatoms. The van der Waals surface area contributed by atoms with Crippen LogP contribution in [0.25, 0.3) is 11.0 Å². The predicted molar refractivity (Wildman–Crippen MR) is 102 cm³/mol. The van der Waals surface area contributed by atoms with Crippen LogP contribution in [0.5, 0.6) is 0 Å². The smallest absolute Gasteiger partial charge is 0.223 e. The standard InChI is InChI=1S/C20H25N5O2/c1-13-21-11-12-25(13)17-8-7-16(20(17)27)24(2)19(26)10-9-18-22-14-5-3-4-6-15(14)23-18/h3-6,11-12,16-17,20,27H,7-10H2,1-2H3,(H,22,23)/t16-,17-,20-/m1/s1. The number of imidazole rings is 2. The van der Waals surface area contributed by atoms with Gasteiger partial charge in [0.15, 0.2) is 0 Å². The molecule has 2 heterocycles. The van der Waals surface area contributed by atoms with Gasteiger partial charge < -0.3 is 19.6 Å². The highest BCUT2D eigenvalue weighted by Gasteiger charge is 2.39. The van der Waals surface area contributed by atoms with Crippen molar-refractivity contribution in [3.8, 4) is 0 Å². The van der Waals surface area contributed by atoms with Crippen molar-refractivity contribution >= 4 is 16.9 Å². The topological polar surface area (TPSA) is 87.0 Å². The van der Waals surface area contributed by atoms with Gasteiger partial charge in [0.25, 0.3) is 0 Å². The lowest BCUT2D eigenvalue weighted by Crippen LogP contribution is -2.43. The minimum absolute atomic E-state index is 0.0249. The van der Waals surface area contributed by atoms with Gasteiger partial charge in [-0.15, -0.1) is 0 Å². The number of aliphatic hydroxyl groups is 1. The summed E-state index contributed by atoms with van der Waals surface area (Å²) in [5.41, 5.74) is 1.90. The lowest BCUT2D eigenvalue weighted by atomic mass is 10.1. The maximum atomic E-state index is 12.7. The van der Waals surface area contributed by atoms with Crippen molar-refractivity contribution in [1.29, 1.82) is 0 Å². The van der Waals surface area contributed by atoms with Crippen molar-refractivity contribution in [2.45, 2.75) is 50.8 Å². The lowest BCUT2D eigenvalue weighted by molar-refractivity contribution is -0.133. The SMILES string of the molecule is Cc1nccn1[C@@H]1CC[C@@H](N(C)C(=O)CCc2nc3ccccc3[nH]2)[C@H]1O. The van der Waals surface area contributed by atoms with E-state index in [9.17, 15) is 9.90 Å². The van der Waals surface area contributed by atoms with Gasteiger partial charge in [0.1, 0.15) is 11.6 Å². The van der Waals surface area contributed by atoms with Crippen molar-refractivity contribution in [3.05, 3.63) is 48.3 Å². The first-order valence-electron chi connectivity index (χ1n) is 9.41. The minimum atomic E-state index is -0.585.